The molecule has 0 atom stereocenters. The topological polar surface area (TPSA) is 41.1 Å². The Labute approximate surface area is 134 Å². The minimum Gasteiger partial charge on any atom is -0.354 e. The second-order valence-corrected chi connectivity index (χ2v) is 5.84. The SMILES string of the molecule is CCCNCc1cnc(N(C)Cc2ccccc2Br)cn1. The van der Waals surface area contributed by atoms with Gasteiger partial charge in [-0.25, -0.2) is 4.98 Å². The molecule has 0 saturated carbocycles. The minimum atomic E-state index is 0.773. The van der Waals surface area contributed by atoms with E-state index in [2.05, 4.69) is 55.2 Å². The minimum absolute atomic E-state index is 0.773. The van der Waals surface area contributed by atoms with Gasteiger partial charge in [-0.1, -0.05) is 41.1 Å². The Bertz CT molecular complexity index is 556. The Balaban J connectivity index is 1.96. The van der Waals surface area contributed by atoms with Crippen LogP contribution in [0, 0.1) is 0 Å². The van der Waals surface area contributed by atoms with Crippen LogP contribution in [0.5, 0.6) is 0 Å². The molecule has 0 spiro atoms. The first-order chi connectivity index (χ1) is 10.2. The molecule has 1 N–H and O–H groups in total. The van der Waals surface area contributed by atoms with E-state index in [0.717, 1.165) is 42.0 Å². The van der Waals surface area contributed by atoms with Gasteiger partial charge in [-0.3, -0.25) is 4.98 Å². The summed E-state index contributed by atoms with van der Waals surface area (Å²) < 4.78 is 1.12. The lowest BCUT2D eigenvalue weighted by Crippen LogP contribution is -2.19. The molecular weight excluding hydrogens is 328 g/mol. The molecule has 0 aliphatic carbocycles. The molecular formula is C16H21BrN4. The highest BCUT2D eigenvalue weighted by atomic mass is 79.9. The first kappa shape index (κ1) is 15.9. The zero-order chi connectivity index (χ0) is 15.1. The van der Waals surface area contributed by atoms with Crippen LogP contribution < -0.4 is 10.2 Å². The van der Waals surface area contributed by atoms with E-state index in [1.165, 1.54) is 5.56 Å². The average Bonchev–Trinajstić information content (AvgIpc) is 2.50. The van der Waals surface area contributed by atoms with Crippen LogP contribution in [0.3, 0.4) is 0 Å². The first-order valence-corrected chi connectivity index (χ1v) is 7.96. The highest BCUT2D eigenvalue weighted by Gasteiger charge is 2.06. The molecule has 0 saturated heterocycles. The molecule has 2 aromatic rings. The van der Waals surface area contributed by atoms with Crippen molar-refractivity contribution in [1.82, 2.24) is 15.3 Å². The molecule has 21 heavy (non-hydrogen) atoms. The van der Waals surface area contributed by atoms with Crippen molar-refractivity contribution < 1.29 is 0 Å². The zero-order valence-electron chi connectivity index (χ0n) is 12.5. The number of hydrogen-bond donors (Lipinski definition) is 1. The Kier molecular flexibility index (Phi) is 6.14. The summed E-state index contributed by atoms with van der Waals surface area (Å²) in [7, 11) is 2.03. The van der Waals surface area contributed by atoms with Crippen molar-refractivity contribution in [3.05, 3.63) is 52.4 Å². The lowest BCUT2D eigenvalue weighted by Gasteiger charge is -2.18. The fraction of sp³-hybridized carbons (Fsp3) is 0.375. The van der Waals surface area contributed by atoms with E-state index in [1.54, 1.807) is 0 Å². The molecule has 1 aromatic carbocycles. The summed E-state index contributed by atoms with van der Waals surface area (Å²) >= 11 is 3.57. The summed E-state index contributed by atoms with van der Waals surface area (Å²) in [5, 5.41) is 3.33. The van der Waals surface area contributed by atoms with E-state index in [0.29, 0.717) is 0 Å². The standard InChI is InChI=1S/C16H21BrN4/c1-3-8-18-9-14-10-20-16(11-19-14)21(2)12-13-6-4-5-7-15(13)17/h4-7,10-11,18H,3,8-9,12H2,1-2H3. The van der Waals surface area contributed by atoms with Gasteiger partial charge in [-0.15, -0.1) is 0 Å². The summed E-state index contributed by atoms with van der Waals surface area (Å²) in [4.78, 5) is 11.0. The molecule has 0 unspecified atom stereocenters. The van der Waals surface area contributed by atoms with E-state index in [9.17, 15) is 0 Å². The second-order valence-electron chi connectivity index (χ2n) is 4.99. The largest absolute Gasteiger partial charge is 0.354 e. The summed E-state index contributed by atoms with van der Waals surface area (Å²) in [6.07, 6.45) is 4.80. The van der Waals surface area contributed by atoms with Crippen LogP contribution in [0.15, 0.2) is 41.1 Å². The molecule has 4 nitrogen and oxygen atoms in total. The number of anilines is 1. The highest BCUT2D eigenvalue weighted by molar-refractivity contribution is 9.10. The fourth-order valence-electron chi connectivity index (χ4n) is 1.99. The van der Waals surface area contributed by atoms with Crippen LogP contribution in [0.2, 0.25) is 0 Å². The summed E-state index contributed by atoms with van der Waals surface area (Å²) in [6.45, 7) is 4.72. The number of nitrogens with zero attached hydrogens (tertiary/aromatic N) is 3. The van der Waals surface area contributed by atoms with E-state index in [-0.39, 0.29) is 0 Å². The molecule has 0 aliphatic rings. The first-order valence-electron chi connectivity index (χ1n) is 7.17. The van der Waals surface area contributed by atoms with Gasteiger partial charge in [0.25, 0.3) is 0 Å². The molecule has 0 fully saturated rings. The normalized spacial score (nSPS) is 10.6. The Morgan fingerprint density at radius 1 is 1.19 bits per heavy atom. The molecule has 112 valence electrons. The van der Waals surface area contributed by atoms with Crippen LogP contribution >= 0.6 is 15.9 Å². The van der Waals surface area contributed by atoms with Gasteiger partial charge in [0.2, 0.25) is 0 Å². The second kappa shape index (κ2) is 8.10. The monoisotopic (exact) mass is 348 g/mol. The predicted molar refractivity (Wildman–Crippen MR) is 90.3 cm³/mol. The van der Waals surface area contributed by atoms with Crippen LogP contribution in [0.4, 0.5) is 5.82 Å². The molecule has 0 bridgehead atoms. The maximum absolute atomic E-state index is 4.49. The Hall–Kier alpha value is -1.46. The van der Waals surface area contributed by atoms with Crippen LogP contribution in [-0.2, 0) is 13.1 Å². The zero-order valence-corrected chi connectivity index (χ0v) is 14.1. The number of nitrogens with one attached hydrogen (secondary N) is 1. The third-order valence-electron chi connectivity index (χ3n) is 3.18. The van der Waals surface area contributed by atoms with Gasteiger partial charge in [0.15, 0.2) is 0 Å². The van der Waals surface area contributed by atoms with E-state index >= 15 is 0 Å². The van der Waals surface area contributed by atoms with Gasteiger partial charge in [-0.2, -0.15) is 0 Å². The molecule has 5 heteroatoms. The Morgan fingerprint density at radius 3 is 2.67 bits per heavy atom. The maximum Gasteiger partial charge on any atom is 0.147 e. The van der Waals surface area contributed by atoms with Gasteiger partial charge in [0.05, 0.1) is 18.1 Å². The van der Waals surface area contributed by atoms with Gasteiger partial charge < -0.3 is 10.2 Å². The third-order valence-corrected chi connectivity index (χ3v) is 3.95. The lowest BCUT2D eigenvalue weighted by molar-refractivity contribution is 0.661. The van der Waals surface area contributed by atoms with Crippen molar-refractivity contribution >= 4 is 21.7 Å². The van der Waals surface area contributed by atoms with E-state index in [1.807, 2.05) is 31.6 Å². The number of hydrogen-bond acceptors (Lipinski definition) is 4. The quantitative estimate of drug-likeness (QED) is 0.778. The molecule has 0 aliphatic heterocycles. The number of rotatable bonds is 7. The van der Waals surface area contributed by atoms with Crippen LogP contribution in [-0.4, -0.2) is 23.6 Å². The van der Waals surface area contributed by atoms with Crippen LogP contribution in [0.25, 0.3) is 0 Å². The lowest BCUT2D eigenvalue weighted by atomic mass is 10.2. The van der Waals surface area contributed by atoms with E-state index < -0.39 is 0 Å². The summed E-state index contributed by atoms with van der Waals surface area (Å²) in [5.41, 5.74) is 2.21. The van der Waals surface area contributed by atoms with Crippen molar-refractivity contribution in [2.24, 2.45) is 0 Å². The fourth-order valence-corrected chi connectivity index (χ4v) is 2.40. The third kappa shape index (κ3) is 4.79. The summed E-state index contributed by atoms with van der Waals surface area (Å²) in [6, 6.07) is 8.22. The van der Waals surface area contributed by atoms with Crippen molar-refractivity contribution in [3.63, 3.8) is 0 Å². The summed E-state index contributed by atoms with van der Waals surface area (Å²) in [5.74, 6) is 0.880. The number of benzene rings is 1. The predicted octanol–water partition coefficient (Wildman–Crippen LogP) is 3.38. The van der Waals surface area contributed by atoms with Crippen molar-refractivity contribution in [1.29, 1.82) is 0 Å². The maximum atomic E-state index is 4.49. The number of halogens is 1. The van der Waals surface area contributed by atoms with Gasteiger partial charge >= 0.3 is 0 Å². The molecule has 1 aromatic heterocycles. The van der Waals surface area contributed by atoms with Gasteiger partial charge in [0, 0.05) is 24.6 Å². The number of aromatic nitrogens is 2. The molecule has 0 amide bonds. The van der Waals surface area contributed by atoms with Crippen molar-refractivity contribution in [2.45, 2.75) is 26.4 Å². The van der Waals surface area contributed by atoms with Gasteiger partial charge in [0.1, 0.15) is 5.82 Å². The Morgan fingerprint density at radius 2 is 2.00 bits per heavy atom. The average molecular weight is 349 g/mol. The smallest absolute Gasteiger partial charge is 0.147 e. The molecule has 0 radical (unpaired) electrons. The molecule has 1 heterocycles. The highest BCUT2D eigenvalue weighted by Crippen LogP contribution is 2.19. The molecule has 2 rings (SSSR count). The van der Waals surface area contributed by atoms with Crippen molar-refractivity contribution in [3.8, 4) is 0 Å². The van der Waals surface area contributed by atoms with Gasteiger partial charge in [-0.05, 0) is 24.6 Å². The van der Waals surface area contributed by atoms with Crippen molar-refractivity contribution in [2.75, 3.05) is 18.5 Å². The van der Waals surface area contributed by atoms with E-state index in [4.69, 9.17) is 0 Å². The van der Waals surface area contributed by atoms with Crippen LogP contribution in [0.1, 0.15) is 24.6 Å².